The van der Waals surface area contributed by atoms with Gasteiger partial charge in [-0.15, -0.1) is 0 Å². The Morgan fingerprint density at radius 2 is 1.88 bits per heavy atom. The Kier molecular flexibility index (Phi) is 8.58. The number of likely N-dealkylation sites (tertiary alicyclic amines) is 1. The third-order valence-electron chi connectivity index (χ3n) is 5.47. The average Bonchev–Trinajstić information content (AvgIpc) is 3.07. The van der Waals surface area contributed by atoms with Gasteiger partial charge in [0.25, 0.3) is 11.7 Å². The van der Waals surface area contributed by atoms with Crippen molar-refractivity contribution in [2.75, 3.05) is 26.9 Å². The van der Waals surface area contributed by atoms with Crippen LogP contribution < -0.4 is 9.47 Å². The number of halogens is 1. The molecule has 1 heterocycles. The molecule has 0 radical (unpaired) electrons. The summed E-state index contributed by atoms with van der Waals surface area (Å²) in [5.41, 5.74) is 0.924. The zero-order valence-electron chi connectivity index (χ0n) is 19.8. The number of ether oxygens (including phenoxy) is 3. The van der Waals surface area contributed by atoms with Gasteiger partial charge in [-0.25, -0.2) is 0 Å². The minimum atomic E-state index is -0.818. The largest absolute Gasteiger partial charge is 0.507 e. The molecule has 1 N–H and O–H groups in total. The number of hydrogen-bond acceptors (Lipinski definition) is 6. The molecule has 0 aliphatic carbocycles. The smallest absolute Gasteiger partial charge is 0.295 e. The Balaban J connectivity index is 2.11. The summed E-state index contributed by atoms with van der Waals surface area (Å²) in [5.74, 6) is -0.850. The molecule has 8 heteroatoms. The molecular formula is C26H30ClNO6. The fourth-order valence-corrected chi connectivity index (χ4v) is 4.12. The van der Waals surface area contributed by atoms with Gasteiger partial charge < -0.3 is 24.2 Å². The Bertz CT molecular complexity index is 1080. The molecule has 1 aliphatic heterocycles. The monoisotopic (exact) mass is 487 g/mol. The van der Waals surface area contributed by atoms with Crippen molar-refractivity contribution in [2.24, 2.45) is 0 Å². The predicted molar refractivity (Wildman–Crippen MR) is 130 cm³/mol. The van der Waals surface area contributed by atoms with E-state index in [-0.39, 0.29) is 24.0 Å². The van der Waals surface area contributed by atoms with E-state index in [4.69, 9.17) is 25.8 Å². The Labute approximate surface area is 204 Å². The lowest BCUT2D eigenvalue weighted by Gasteiger charge is -2.26. The number of carbonyl (C=O) groups excluding carboxylic acids is 2. The van der Waals surface area contributed by atoms with Crippen molar-refractivity contribution >= 4 is 29.1 Å². The number of amides is 1. The maximum Gasteiger partial charge on any atom is 0.295 e. The van der Waals surface area contributed by atoms with E-state index in [1.165, 1.54) is 12.0 Å². The first-order valence-corrected chi connectivity index (χ1v) is 11.6. The average molecular weight is 488 g/mol. The summed E-state index contributed by atoms with van der Waals surface area (Å²) in [6.45, 7) is 6.79. The normalized spacial score (nSPS) is 17.5. The van der Waals surface area contributed by atoms with Gasteiger partial charge in [-0.3, -0.25) is 9.59 Å². The number of methoxy groups -OCH3 is 1. The molecule has 182 valence electrons. The SMILES string of the molecule is CCOc1cc(/C(O)=C2\C(=O)C(=O)N(CCCOC(C)C)C2c2ccccc2OC)ccc1Cl. The molecule has 1 aliphatic rings. The number of hydrogen-bond donors (Lipinski definition) is 1. The van der Waals surface area contributed by atoms with Gasteiger partial charge in [0.1, 0.15) is 17.3 Å². The molecule has 3 rings (SSSR count). The van der Waals surface area contributed by atoms with E-state index in [0.29, 0.717) is 47.3 Å². The van der Waals surface area contributed by atoms with Crippen LogP contribution in [0.5, 0.6) is 11.5 Å². The summed E-state index contributed by atoms with van der Waals surface area (Å²) in [4.78, 5) is 27.8. The highest BCUT2D eigenvalue weighted by atomic mass is 35.5. The summed E-state index contributed by atoms with van der Waals surface area (Å²) in [7, 11) is 1.52. The van der Waals surface area contributed by atoms with Gasteiger partial charge >= 0.3 is 0 Å². The Hall–Kier alpha value is -3.03. The van der Waals surface area contributed by atoms with Gasteiger partial charge in [0.2, 0.25) is 0 Å². The van der Waals surface area contributed by atoms with Crippen molar-refractivity contribution in [1.29, 1.82) is 0 Å². The molecule has 0 bridgehead atoms. The van der Waals surface area contributed by atoms with Crippen LogP contribution in [0.2, 0.25) is 5.02 Å². The highest BCUT2D eigenvalue weighted by molar-refractivity contribution is 6.46. The van der Waals surface area contributed by atoms with Gasteiger partial charge in [0.15, 0.2) is 0 Å². The summed E-state index contributed by atoms with van der Waals surface area (Å²) >= 11 is 6.19. The highest BCUT2D eigenvalue weighted by Gasteiger charge is 2.46. The van der Waals surface area contributed by atoms with Crippen LogP contribution in [0.25, 0.3) is 5.76 Å². The number of nitrogens with zero attached hydrogens (tertiary/aromatic N) is 1. The lowest BCUT2D eigenvalue weighted by molar-refractivity contribution is -0.140. The number of carbonyl (C=O) groups is 2. The maximum atomic E-state index is 13.2. The molecule has 1 unspecified atom stereocenters. The standard InChI is InChI=1S/C26H30ClNO6/c1-5-33-21-15-17(11-12-19(21)27)24(29)22-23(18-9-6-7-10-20(18)32-4)28(26(31)25(22)30)13-8-14-34-16(2)3/h6-7,9-12,15-16,23,29H,5,8,13-14H2,1-4H3/b24-22+. The second-order valence-electron chi connectivity index (χ2n) is 8.09. The first-order chi connectivity index (χ1) is 16.3. The Morgan fingerprint density at radius 1 is 1.15 bits per heavy atom. The van der Waals surface area contributed by atoms with Crippen LogP contribution >= 0.6 is 11.6 Å². The number of ketones is 1. The van der Waals surface area contributed by atoms with E-state index >= 15 is 0 Å². The van der Waals surface area contributed by atoms with Crippen molar-refractivity contribution in [2.45, 2.75) is 39.3 Å². The Morgan fingerprint density at radius 3 is 2.56 bits per heavy atom. The third-order valence-corrected chi connectivity index (χ3v) is 5.78. The topological polar surface area (TPSA) is 85.3 Å². The van der Waals surface area contributed by atoms with Crippen molar-refractivity contribution in [3.63, 3.8) is 0 Å². The highest BCUT2D eigenvalue weighted by Crippen LogP contribution is 2.43. The van der Waals surface area contributed by atoms with Crippen molar-refractivity contribution < 1.29 is 28.9 Å². The van der Waals surface area contributed by atoms with Crippen LogP contribution in [-0.4, -0.2) is 54.7 Å². The lowest BCUT2D eigenvalue weighted by atomic mass is 9.94. The maximum absolute atomic E-state index is 13.2. The first-order valence-electron chi connectivity index (χ1n) is 11.3. The number of benzene rings is 2. The number of para-hydroxylation sites is 1. The van der Waals surface area contributed by atoms with Crippen LogP contribution in [0.4, 0.5) is 0 Å². The first kappa shape index (κ1) is 25.6. The van der Waals surface area contributed by atoms with E-state index in [0.717, 1.165) is 0 Å². The van der Waals surface area contributed by atoms with E-state index in [1.54, 1.807) is 42.5 Å². The van der Waals surface area contributed by atoms with E-state index in [1.807, 2.05) is 20.8 Å². The molecule has 1 amide bonds. The van der Waals surface area contributed by atoms with E-state index in [2.05, 4.69) is 0 Å². The molecule has 0 aromatic heterocycles. The number of Topliss-reactive ketones (excluding diaryl/α,β-unsaturated/α-hetero) is 1. The van der Waals surface area contributed by atoms with Crippen LogP contribution in [0.15, 0.2) is 48.0 Å². The quantitative estimate of drug-likeness (QED) is 0.220. The molecule has 0 saturated carbocycles. The second-order valence-corrected chi connectivity index (χ2v) is 8.49. The van der Waals surface area contributed by atoms with Crippen LogP contribution in [0.1, 0.15) is 44.4 Å². The lowest BCUT2D eigenvalue weighted by Crippen LogP contribution is -2.31. The zero-order chi connectivity index (χ0) is 24.8. The molecular weight excluding hydrogens is 458 g/mol. The number of aliphatic hydroxyl groups is 1. The van der Waals surface area contributed by atoms with Gasteiger partial charge in [-0.1, -0.05) is 29.8 Å². The summed E-state index contributed by atoms with van der Waals surface area (Å²) in [6, 6.07) is 11.1. The van der Waals surface area contributed by atoms with Gasteiger partial charge in [0.05, 0.1) is 36.5 Å². The van der Waals surface area contributed by atoms with Gasteiger partial charge in [0, 0.05) is 24.3 Å². The van der Waals surface area contributed by atoms with Crippen LogP contribution in [-0.2, 0) is 14.3 Å². The molecule has 2 aromatic rings. The molecule has 7 nitrogen and oxygen atoms in total. The summed E-state index contributed by atoms with van der Waals surface area (Å²) < 4.78 is 16.7. The molecule has 1 fully saturated rings. The summed E-state index contributed by atoms with van der Waals surface area (Å²) in [6.07, 6.45) is 0.594. The predicted octanol–water partition coefficient (Wildman–Crippen LogP) is 4.98. The molecule has 34 heavy (non-hydrogen) atoms. The molecule has 1 atom stereocenters. The van der Waals surface area contributed by atoms with Crippen LogP contribution in [0, 0.1) is 0 Å². The molecule has 2 aromatic carbocycles. The van der Waals surface area contributed by atoms with Crippen molar-refractivity contribution in [1.82, 2.24) is 4.90 Å². The van der Waals surface area contributed by atoms with Crippen molar-refractivity contribution in [3.05, 3.63) is 64.2 Å². The van der Waals surface area contributed by atoms with E-state index in [9.17, 15) is 14.7 Å². The van der Waals surface area contributed by atoms with Gasteiger partial charge in [-0.05, 0) is 51.5 Å². The molecule has 0 spiro atoms. The summed E-state index contributed by atoms with van der Waals surface area (Å²) in [5, 5.41) is 11.6. The minimum absolute atomic E-state index is 0.0101. The van der Waals surface area contributed by atoms with Crippen molar-refractivity contribution in [3.8, 4) is 11.5 Å². The fraction of sp³-hybridized carbons (Fsp3) is 0.385. The van der Waals surface area contributed by atoms with Gasteiger partial charge in [-0.2, -0.15) is 0 Å². The zero-order valence-corrected chi connectivity index (χ0v) is 20.6. The fourth-order valence-electron chi connectivity index (χ4n) is 3.95. The molecule has 1 saturated heterocycles. The third kappa shape index (κ3) is 5.37. The van der Waals surface area contributed by atoms with Crippen LogP contribution in [0.3, 0.4) is 0 Å². The number of rotatable bonds is 10. The second kappa shape index (κ2) is 11.4. The minimum Gasteiger partial charge on any atom is -0.507 e. The number of aliphatic hydroxyl groups excluding tert-OH is 1. The van der Waals surface area contributed by atoms with E-state index < -0.39 is 17.7 Å².